The van der Waals surface area contributed by atoms with Crippen LogP contribution in [0, 0.1) is 5.92 Å². The summed E-state index contributed by atoms with van der Waals surface area (Å²) in [6, 6.07) is 0. The first kappa shape index (κ1) is 13.9. The lowest BCUT2D eigenvalue weighted by molar-refractivity contribution is 0.175. The van der Waals surface area contributed by atoms with Crippen molar-refractivity contribution in [2.24, 2.45) is 5.92 Å². The van der Waals surface area contributed by atoms with Crippen molar-refractivity contribution in [3.8, 4) is 0 Å². The van der Waals surface area contributed by atoms with Crippen LogP contribution < -0.4 is 5.32 Å². The van der Waals surface area contributed by atoms with E-state index in [0.29, 0.717) is 0 Å². The maximum Gasteiger partial charge on any atom is 0.0462 e. The molecule has 0 spiro atoms. The van der Waals surface area contributed by atoms with E-state index in [-0.39, 0.29) is 0 Å². The molecule has 1 rings (SSSR count). The molecule has 1 saturated heterocycles. The van der Waals surface area contributed by atoms with Gasteiger partial charge >= 0.3 is 0 Å². The Bertz CT molecular complexity index is 158. The molecule has 1 aliphatic heterocycles. The normalized spacial score (nSPS) is 18.2. The van der Waals surface area contributed by atoms with Crippen molar-refractivity contribution in [2.45, 2.75) is 32.6 Å². The molecule has 0 amide bonds. The second-order valence-corrected chi connectivity index (χ2v) is 4.79. The predicted octanol–water partition coefficient (Wildman–Crippen LogP) is 1.73. The number of hydrogen-bond acceptors (Lipinski definition) is 3. The Hall–Kier alpha value is -0.120. The van der Waals surface area contributed by atoms with E-state index in [1.54, 1.807) is 7.11 Å². The van der Waals surface area contributed by atoms with Crippen molar-refractivity contribution in [1.82, 2.24) is 10.2 Å². The first-order valence-electron chi connectivity index (χ1n) is 6.78. The molecule has 1 aliphatic rings. The van der Waals surface area contributed by atoms with Gasteiger partial charge in [0.05, 0.1) is 0 Å². The van der Waals surface area contributed by atoms with Gasteiger partial charge < -0.3 is 15.0 Å². The highest BCUT2D eigenvalue weighted by Gasteiger charge is 2.15. The van der Waals surface area contributed by atoms with Crippen LogP contribution in [0.25, 0.3) is 0 Å². The van der Waals surface area contributed by atoms with Crippen molar-refractivity contribution in [2.75, 3.05) is 46.4 Å². The molecular weight excluding hydrogens is 200 g/mol. The van der Waals surface area contributed by atoms with Crippen LogP contribution in [0.2, 0.25) is 0 Å². The van der Waals surface area contributed by atoms with E-state index < -0.39 is 0 Å². The Morgan fingerprint density at radius 1 is 1.25 bits per heavy atom. The minimum Gasteiger partial charge on any atom is -0.385 e. The van der Waals surface area contributed by atoms with Gasteiger partial charge in [0.2, 0.25) is 0 Å². The van der Waals surface area contributed by atoms with Gasteiger partial charge in [0, 0.05) is 20.3 Å². The van der Waals surface area contributed by atoms with Crippen LogP contribution in [0.5, 0.6) is 0 Å². The van der Waals surface area contributed by atoms with Gasteiger partial charge in [-0.15, -0.1) is 0 Å². The third kappa shape index (κ3) is 5.83. The summed E-state index contributed by atoms with van der Waals surface area (Å²) in [4.78, 5) is 2.60. The Morgan fingerprint density at radius 3 is 2.62 bits per heavy atom. The molecule has 3 nitrogen and oxygen atoms in total. The summed E-state index contributed by atoms with van der Waals surface area (Å²) >= 11 is 0. The van der Waals surface area contributed by atoms with E-state index in [9.17, 15) is 0 Å². The maximum absolute atomic E-state index is 5.08. The largest absolute Gasteiger partial charge is 0.385 e. The highest BCUT2D eigenvalue weighted by Crippen LogP contribution is 2.13. The van der Waals surface area contributed by atoms with Crippen molar-refractivity contribution < 1.29 is 4.74 Å². The fourth-order valence-electron chi connectivity index (χ4n) is 2.39. The van der Waals surface area contributed by atoms with Crippen molar-refractivity contribution in [1.29, 1.82) is 0 Å². The molecule has 0 aliphatic carbocycles. The summed E-state index contributed by atoms with van der Waals surface area (Å²) in [6.07, 6.45) is 5.18. The molecule has 96 valence electrons. The summed E-state index contributed by atoms with van der Waals surface area (Å²) in [5, 5.41) is 3.43. The topological polar surface area (TPSA) is 24.5 Å². The molecule has 1 fully saturated rings. The Labute approximate surface area is 101 Å². The van der Waals surface area contributed by atoms with Gasteiger partial charge in [-0.25, -0.2) is 0 Å². The zero-order chi connectivity index (χ0) is 11.6. The standard InChI is InChI=1S/C13H28N2O/c1-3-15(10-4-5-11-16-2)12-13-6-8-14-9-7-13/h13-14H,3-12H2,1-2H3. The molecule has 0 aromatic rings. The lowest BCUT2D eigenvalue weighted by Crippen LogP contribution is -2.36. The number of ether oxygens (including phenoxy) is 1. The number of nitrogens with zero attached hydrogens (tertiary/aromatic N) is 1. The van der Waals surface area contributed by atoms with Crippen LogP contribution in [-0.2, 0) is 4.74 Å². The van der Waals surface area contributed by atoms with E-state index in [1.165, 1.54) is 58.4 Å². The molecule has 1 heterocycles. The summed E-state index contributed by atoms with van der Waals surface area (Å²) in [5.74, 6) is 0.920. The van der Waals surface area contributed by atoms with E-state index in [0.717, 1.165) is 12.5 Å². The van der Waals surface area contributed by atoms with Crippen LogP contribution in [0.3, 0.4) is 0 Å². The number of nitrogens with one attached hydrogen (secondary N) is 1. The van der Waals surface area contributed by atoms with Crippen LogP contribution in [0.1, 0.15) is 32.6 Å². The van der Waals surface area contributed by atoms with Gasteiger partial charge in [-0.3, -0.25) is 0 Å². The van der Waals surface area contributed by atoms with Gasteiger partial charge in [-0.1, -0.05) is 6.92 Å². The summed E-state index contributed by atoms with van der Waals surface area (Å²) < 4.78 is 5.08. The molecule has 0 atom stereocenters. The fraction of sp³-hybridized carbons (Fsp3) is 1.00. The van der Waals surface area contributed by atoms with Crippen LogP contribution in [0.4, 0.5) is 0 Å². The van der Waals surface area contributed by atoms with Crippen LogP contribution in [-0.4, -0.2) is 51.3 Å². The van der Waals surface area contributed by atoms with Gasteiger partial charge in [-0.05, 0) is 57.8 Å². The smallest absolute Gasteiger partial charge is 0.0462 e. The summed E-state index contributed by atoms with van der Waals surface area (Å²) in [5.41, 5.74) is 0. The second kappa shape index (κ2) is 8.97. The molecule has 1 N–H and O–H groups in total. The molecule has 0 unspecified atom stereocenters. The fourth-order valence-corrected chi connectivity index (χ4v) is 2.39. The second-order valence-electron chi connectivity index (χ2n) is 4.79. The minimum atomic E-state index is 0.908. The third-order valence-corrected chi connectivity index (χ3v) is 3.50. The highest BCUT2D eigenvalue weighted by atomic mass is 16.5. The Balaban J connectivity index is 2.09. The van der Waals surface area contributed by atoms with Gasteiger partial charge in [-0.2, -0.15) is 0 Å². The molecule has 3 heteroatoms. The van der Waals surface area contributed by atoms with Gasteiger partial charge in [0.1, 0.15) is 0 Å². The predicted molar refractivity (Wildman–Crippen MR) is 68.8 cm³/mol. The Morgan fingerprint density at radius 2 is 2.00 bits per heavy atom. The number of rotatable bonds is 8. The lowest BCUT2D eigenvalue weighted by atomic mass is 9.97. The third-order valence-electron chi connectivity index (χ3n) is 3.50. The number of piperidine rings is 1. The van der Waals surface area contributed by atoms with Crippen LogP contribution >= 0.6 is 0 Å². The van der Waals surface area contributed by atoms with Crippen molar-refractivity contribution >= 4 is 0 Å². The monoisotopic (exact) mass is 228 g/mol. The van der Waals surface area contributed by atoms with E-state index >= 15 is 0 Å². The maximum atomic E-state index is 5.08. The molecular formula is C13H28N2O. The first-order chi connectivity index (χ1) is 7.86. The molecule has 0 radical (unpaired) electrons. The summed E-state index contributed by atoms with van der Waals surface area (Å²) in [6.45, 7) is 9.34. The first-order valence-corrected chi connectivity index (χ1v) is 6.78. The molecule has 0 saturated carbocycles. The van der Waals surface area contributed by atoms with Crippen LogP contribution in [0.15, 0.2) is 0 Å². The van der Waals surface area contributed by atoms with Gasteiger partial charge in [0.25, 0.3) is 0 Å². The van der Waals surface area contributed by atoms with E-state index in [1.807, 2.05) is 0 Å². The van der Waals surface area contributed by atoms with Crippen molar-refractivity contribution in [3.63, 3.8) is 0 Å². The van der Waals surface area contributed by atoms with E-state index in [4.69, 9.17) is 4.74 Å². The quantitative estimate of drug-likeness (QED) is 0.640. The minimum absolute atomic E-state index is 0.908. The number of methoxy groups -OCH3 is 1. The zero-order valence-electron chi connectivity index (χ0n) is 11.0. The SMILES string of the molecule is CCN(CCCCOC)CC1CCNCC1. The molecule has 16 heavy (non-hydrogen) atoms. The Kier molecular flexibility index (Phi) is 7.81. The number of unbranched alkanes of at least 4 members (excludes halogenated alkanes) is 1. The molecule has 0 aromatic heterocycles. The molecule has 0 aromatic carbocycles. The summed E-state index contributed by atoms with van der Waals surface area (Å²) in [7, 11) is 1.78. The highest BCUT2D eigenvalue weighted by molar-refractivity contribution is 4.72. The zero-order valence-corrected chi connectivity index (χ0v) is 11.0. The average Bonchev–Trinajstić information content (AvgIpc) is 2.34. The van der Waals surface area contributed by atoms with Gasteiger partial charge in [0.15, 0.2) is 0 Å². The molecule has 0 bridgehead atoms. The average molecular weight is 228 g/mol. The lowest BCUT2D eigenvalue weighted by Gasteiger charge is -2.29. The number of hydrogen-bond donors (Lipinski definition) is 1. The van der Waals surface area contributed by atoms with E-state index in [2.05, 4.69) is 17.1 Å². The van der Waals surface area contributed by atoms with Crippen molar-refractivity contribution in [3.05, 3.63) is 0 Å².